The highest BCUT2D eigenvalue weighted by Gasteiger charge is 2.26. The number of methoxy groups -OCH3 is 3. The largest absolute Gasteiger partial charge is 0.493 e. The molecule has 0 bridgehead atoms. The van der Waals surface area contributed by atoms with E-state index in [-0.39, 0.29) is 29.8 Å². The van der Waals surface area contributed by atoms with Gasteiger partial charge >= 0.3 is 0 Å². The van der Waals surface area contributed by atoms with Crippen LogP contribution in [-0.4, -0.2) is 57.3 Å². The maximum Gasteiger partial charge on any atom is 0.270 e. The molecule has 2 amide bonds. The van der Waals surface area contributed by atoms with E-state index in [1.54, 1.807) is 17.5 Å². The van der Waals surface area contributed by atoms with Gasteiger partial charge in [0.2, 0.25) is 5.75 Å². The fraction of sp³-hybridized carbons (Fsp3) is 0.522. The summed E-state index contributed by atoms with van der Waals surface area (Å²) in [5.74, 6) is 0.791. The smallest absolute Gasteiger partial charge is 0.270 e. The Kier molecular flexibility index (Phi) is 8.51. The van der Waals surface area contributed by atoms with Crippen LogP contribution in [0.25, 0.3) is 0 Å². The number of hydrogen-bond donors (Lipinski definition) is 3. The van der Waals surface area contributed by atoms with Crippen molar-refractivity contribution in [3.05, 3.63) is 33.8 Å². The molecule has 1 unspecified atom stereocenters. The molecule has 180 valence electrons. The predicted octanol–water partition coefficient (Wildman–Crippen LogP) is 2.78. The summed E-state index contributed by atoms with van der Waals surface area (Å²) in [6, 6.07) is 3.01. The van der Waals surface area contributed by atoms with Crippen LogP contribution < -0.4 is 30.2 Å². The second-order valence-corrected chi connectivity index (χ2v) is 9.07. The monoisotopic (exact) mass is 476 g/mol. The minimum Gasteiger partial charge on any atom is -0.493 e. The molecule has 0 radical (unpaired) electrons. The number of nitrogens with zero attached hydrogens (tertiary/aromatic N) is 1. The summed E-state index contributed by atoms with van der Waals surface area (Å²) in [6.07, 6.45) is 1.81. The van der Waals surface area contributed by atoms with Crippen molar-refractivity contribution in [2.24, 2.45) is 5.92 Å². The van der Waals surface area contributed by atoms with Crippen LogP contribution in [0.3, 0.4) is 0 Å². The molecular weight excluding hydrogens is 444 g/mol. The zero-order valence-corrected chi connectivity index (χ0v) is 20.5. The Bertz CT molecular complexity index is 947. The Morgan fingerprint density at radius 3 is 2.24 bits per heavy atom. The van der Waals surface area contributed by atoms with Gasteiger partial charge in [0.25, 0.3) is 11.8 Å². The first-order chi connectivity index (χ1) is 15.9. The van der Waals surface area contributed by atoms with E-state index < -0.39 is 0 Å². The average molecular weight is 477 g/mol. The van der Waals surface area contributed by atoms with Gasteiger partial charge in [0.05, 0.1) is 27.4 Å². The third-order valence-corrected chi connectivity index (χ3v) is 6.50. The van der Waals surface area contributed by atoms with E-state index in [2.05, 4.69) is 20.9 Å². The molecule has 0 aliphatic carbocycles. The van der Waals surface area contributed by atoms with Gasteiger partial charge in [-0.1, -0.05) is 13.8 Å². The van der Waals surface area contributed by atoms with Crippen LogP contribution in [0.15, 0.2) is 17.5 Å². The molecule has 1 fully saturated rings. The van der Waals surface area contributed by atoms with Crippen LogP contribution in [0.4, 0.5) is 0 Å². The van der Waals surface area contributed by atoms with Gasteiger partial charge in [-0.15, -0.1) is 11.3 Å². The molecule has 0 spiro atoms. The number of carbonyl (C=O) groups is 2. The van der Waals surface area contributed by atoms with Crippen molar-refractivity contribution >= 4 is 23.2 Å². The lowest BCUT2D eigenvalue weighted by Crippen LogP contribution is -2.42. The first-order valence-corrected chi connectivity index (χ1v) is 11.8. The number of benzene rings is 1. The number of nitrogens with one attached hydrogen (secondary N) is 3. The van der Waals surface area contributed by atoms with Crippen LogP contribution in [0.1, 0.15) is 58.6 Å². The van der Waals surface area contributed by atoms with E-state index >= 15 is 0 Å². The maximum absolute atomic E-state index is 13.1. The van der Waals surface area contributed by atoms with Crippen molar-refractivity contribution in [1.29, 1.82) is 0 Å². The Morgan fingerprint density at radius 1 is 1.06 bits per heavy atom. The number of thiazole rings is 1. The summed E-state index contributed by atoms with van der Waals surface area (Å²) >= 11 is 1.37. The van der Waals surface area contributed by atoms with E-state index in [0.717, 1.165) is 25.9 Å². The maximum atomic E-state index is 13.1. The first-order valence-electron chi connectivity index (χ1n) is 11.0. The minimum atomic E-state index is -0.359. The van der Waals surface area contributed by atoms with E-state index in [0.29, 0.717) is 33.5 Å². The molecule has 1 aliphatic rings. The molecule has 1 aromatic carbocycles. The van der Waals surface area contributed by atoms with E-state index in [4.69, 9.17) is 14.2 Å². The molecule has 1 aromatic heterocycles. The molecule has 2 heterocycles. The Labute approximate surface area is 198 Å². The highest BCUT2D eigenvalue weighted by molar-refractivity contribution is 7.09. The van der Waals surface area contributed by atoms with Crippen molar-refractivity contribution < 1.29 is 23.8 Å². The molecule has 33 heavy (non-hydrogen) atoms. The van der Waals surface area contributed by atoms with E-state index in [1.165, 1.54) is 32.7 Å². The van der Waals surface area contributed by atoms with Gasteiger partial charge in [-0.25, -0.2) is 4.98 Å². The van der Waals surface area contributed by atoms with Crippen molar-refractivity contribution in [1.82, 2.24) is 20.9 Å². The van der Waals surface area contributed by atoms with Crippen molar-refractivity contribution in [2.75, 3.05) is 34.4 Å². The highest BCUT2D eigenvalue weighted by Crippen LogP contribution is 2.38. The fourth-order valence-corrected chi connectivity index (χ4v) is 4.73. The Morgan fingerprint density at radius 2 is 1.70 bits per heavy atom. The van der Waals surface area contributed by atoms with Gasteiger partial charge in [-0.05, 0) is 44.0 Å². The van der Waals surface area contributed by atoms with Crippen LogP contribution >= 0.6 is 11.3 Å². The lowest BCUT2D eigenvalue weighted by molar-refractivity contribution is 0.0921. The molecular formula is C23H32N4O5S. The van der Waals surface area contributed by atoms with E-state index in [9.17, 15) is 9.59 Å². The number of ether oxygens (including phenoxy) is 3. The fourth-order valence-electron chi connectivity index (χ4n) is 3.71. The van der Waals surface area contributed by atoms with Crippen molar-refractivity contribution in [3.8, 4) is 17.2 Å². The number of amides is 2. The number of aromatic nitrogens is 1. The molecule has 0 saturated carbocycles. The zero-order valence-electron chi connectivity index (χ0n) is 19.7. The molecule has 2 aromatic rings. The van der Waals surface area contributed by atoms with Gasteiger partial charge in [-0.3, -0.25) is 9.59 Å². The second kappa shape index (κ2) is 11.3. The van der Waals surface area contributed by atoms with E-state index in [1.807, 2.05) is 13.8 Å². The summed E-state index contributed by atoms with van der Waals surface area (Å²) in [6.45, 7) is 5.79. The summed E-state index contributed by atoms with van der Waals surface area (Å²) in [4.78, 5) is 30.3. The van der Waals surface area contributed by atoms with Crippen LogP contribution in [0.2, 0.25) is 0 Å². The lowest BCUT2D eigenvalue weighted by atomic mass is 10.0. The molecule has 3 rings (SSSR count). The standard InChI is InChI=1S/C23H32N4O5S/c1-13(2)19(23-26-16(12-33-23)22(29)25-15-6-8-24-9-7-15)27-21(28)14-10-17(30-3)20(32-5)18(11-14)31-4/h10-13,15,19,24H,6-9H2,1-5H3,(H,25,29)(H,27,28). The first kappa shape index (κ1) is 24.8. The third-order valence-electron chi connectivity index (χ3n) is 5.58. The second-order valence-electron chi connectivity index (χ2n) is 8.18. The highest BCUT2D eigenvalue weighted by atomic mass is 32.1. The van der Waals surface area contributed by atoms with Crippen molar-refractivity contribution in [2.45, 2.75) is 38.8 Å². The average Bonchev–Trinajstić information content (AvgIpc) is 3.31. The van der Waals surface area contributed by atoms with Gasteiger partial charge in [-0.2, -0.15) is 0 Å². The molecule has 9 nitrogen and oxygen atoms in total. The Balaban J connectivity index is 1.76. The summed E-state index contributed by atoms with van der Waals surface area (Å²) < 4.78 is 16.0. The van der Waals surface area contributed by atoms with Crippen molar-refractivity contribution in [3.63, 3.8) is 0 Å². The summed E-state index contributed by atoms with van der Waals surface area (Å²) in [5.41, 5.74) is 0.747. The predicted molar refractivity (Wildman–Crippen MR) is 127 cm³/mol. The Hall–Kier alpha value is -2.85. The van der Waals surface area contributed by atoms with Gasteiger partial charge in [0.15, 0.2) is 11.5 Å². The third kappa shape index (κ3) is 5.94. The number of hydrogen-bond acceptors (Lipinski definition) is 8. The summed E-state index contributed by atoms with van der Waals surface area (Å²) in [5, 5.41) is 11.8. The van der Waals surface area contributed by atoms with Crippen LogP contribution in [0.5, 0.6) is 17.2 Å². The number of piperidine rings is 1. The molecule has 1 saturated heterocycles. The summed E-state index contributed by atoms with van der Waals surface area (Å²) in [7, 11) is 4.51. The normalized spacial score (nSPS) is 15.1. The van der Waals surface area contributed by atoms with Crippen LogP contribution in [-0.2, 0) is 0 Å². The quantitative estimate of drug-likeness (QED) is 0.510. The SMILES string of the molecule is COc1cc(C(=O)NC(c2nc(C(=O)NC3CCNCC3)cs2)C(C)C)cc(OC)c1OC. The zero-order chi connectivity index (χ0) is 24.0. The molecule has 1 aliphatic heterocycles. The molecule has 10 heteroatoms. The van der Waals surface area contributed by atoms with Gasteiger partial charge in [0, 0.05) is 17.0 Å². The van der Waals surface area contributed by atoms with Gasteiger partial charge in [0.1, 0.15) is 10.7 Å². The number of carbonyl (C=O) groups excluding carboxylic acids is 2. The lowest BCUT2D eigenvalue weighted by Gasteiger charge is -2.23. The number of rotatable bonds is 9. The topological polar surface area (TPSA) is 111 Å². The molecule has 3 N–H and O–H groups in total. The molecule has 1 atom stereocenters. The van der Waals surface area contributed by atoms with Crippen LogP contribution in [0, 0.1) is 5.92 Å². The minimum absolute atomic E-state index is 0.0578. The van der Waals surface area contributed by atoms with Gasteiger partial charge < -0.3 is 30.2 Å².